The fraction of sp³-hybridized carbons (Fsp3) is 0.409. The highest BCUT2D eigenvalue weighted by Gasteiger charge is 2.26. The summed E-state index contributed by atoms with van der Waals surface area (Å²) in [4.78, 5) is 30.2. The number of carbonyl (C=O) groups excluding carboxylic acids is 2. The average molecular weight is 378 g/mol. The van der Waals surface area contributed by atoms with Crippen LogP contribution in [0.2, 0.25) is 0 Å². The van der Waals surface area contributed by atoms with E-state index in [1.54, 1.807) is 6.92 Å². The number of rotatable bonds is 4. The molecule has 6 nitrogen and oxygen atoms in total. The standard InChI is InChI=1S/C22H26N4O2/c1-13(26-15(3)22(16(4)27)14(2)24-26)11-21(28)25-10-9-18-17-7-5-6-8-19(17)23-20(18)12-25/h5-8,13,23H,9-12H2,1-4H3. The van der Waals surface area contributed by atoms with Crippen LogP contribution in [0.4, 0.5) is 0 Å². The van der Waals surface area contributed by atoms with E-state index in [4.69, 9.17) is 0 Å². The largest absolute Gasteiger partial charge is 0.357 e. The highest BCUT2D eigenvalue weighted by atomic mass is 16.2. The Kier molecular flexibility index (Phi) is 4.57. The summed E-state index contributed by atoms with van der Waals surface area (Å²) >= 11 is 0. The van der Waals surface area contributed by atoms with E-state index < -0.39 is 0 Å². The van der Waals surface area contributed by atoms with Gasteiger partial charge in [0.1, 0.15) is 0 Å². The summed E-state index contributed by atoms with van der Waals surface area (Å²) in [5, 5.41) is 5.77. The quantitative estimate of drug-likeness (QED) is 0.704. The molecule has 0 fully saturated rings. The molecule has 4 rings (SSSR count). The first kappa shape index (κ1) is 18.5. The number of aryl methyl sites for hydroxylation is 1. The number of para-hydroxylation sites is 1. The molecular formula is C22H26N4O2. The molecule has 1 amide bonds. The van der Waals surface area contributed by atoms with Gasteiger partial charge in [-0.1, -0.05) is 18.2 Å². The van der Waals surface area contributed by atoms with Crippen molar-refractivity contribution in [2.45, 2.75) is 53.1 Å². The van der Waals surface area contributed by atoms with Crippen molar-refractivity contribution in [3.63, 3.8) is 0 Å². The zero-order valence-corrected chi connectivity index (χ0v) is 16.9. The van der Waals surface area contributed by atoms with Crippen LogP contribution in [0.25, 0.3) is 10.9 Å². The van der Waals surface area contributed by atoms with E-state index in [2.05, 4.69) is 28.3 Å². The highest BCUT2D eigenvalue weighted by molar-refractivity contribution is 5.96. The number of nitrogens with one attached hydrogen (secondary N) is 1. The lowest BCUT2D eigenvalue weighted by atomic mass is 10.0. The minimum Gasteiger partial charge on any atom is -0.357 e. The van der Waals surface area contributed by atoms with Crippen molar-refractivity contribution < 1.29 is 9.59 Å². The first-order valence-electron chi connectivity index (χ1n) is 9.79. The molecular weight excluding hydrogens is 352 g/mol. The topological polar surface area (TPSA) is 71.0 Å². The molecule has 1 aromatic carbocycles. The summed E-state index contributed by atoms with van der Waals surface area (Å²) in [5.74, 6) is 0.135. The Labute approximate surface area is 164 Å². The van der Waals surface area contributed by atoms with Crippen molar-refractivity contribution in [3.8, 4) is 0 Å². The molecule has 0 spiro atoms. The van der Waals surface area contributed by atoms with Crippen molar-refractivity contribution in [2.24, 2.45) is 0 Å². The Bertz CT molecular complexity index is 1080. The molecule has 28 heavy (non-hydrogen) atoms. The molecule has 1 atom stereocenters. The normalized spacial score (nSPS) is 14.9. The maximum Gasteiger partial charge on any atom is 0.225 e. The lowest BCUT2D eigenvalue weighted by Crippen LogP contribution is -2.37. The van der Waals surface area contributed by atoms with Crippen molar-refractivity contribution in [1.29, 1.82) is 0 Å². The summed E-state index contributed by atoms with van der Waals surface area (Å²) in [6.07, 6.45) is 1.24. The number of carbonyl (C=O) groups is 2. The predicted octanol–water partition coefficient (Wildman–Crippen LogP) is 3.72. The lowest BCUT2D eigenvalue weighted by molar-refractivity contribution is -0.133. The third kappa shape index (κ3) is 3.03. The summed E-state index contributed by atoms with van der Waals surface area (Å²) < 4.78 is 1.82. The predicted molar refractivity (Wildman–Crippen MR) is 108 cm³/mol. The Morgan fingerprint density at radius 2 is 2.00 bits per heavy atom. The van der Waals surface area contributed by atoms with Crippen LogP contribution in [0, 0.1) is 13.8 Å². The van der Waals surface area contributed by atoms with Gasteiger partial charge in [-0.3, -0.25) is 14.3 Å². The molecule has 0 bridgehead atoms. The lowest BCUT2D eigenvalue weighted by Gasteiger charge is -2.28. The zero-order valence-electron chi connectivity index (χ0n) is 16.9. The van der Waals surface area contributed by atoms with Crippen LogP contribution in [0.5, 0.6) is 0 Å². The van der Waals surface area contributed by atoms with E-state index in [1.807, 2.05) is 36.4 Å². The van der Waals surface area contributed by atoms with Crippen LogP contribution >= 0.6 is 0 Å². The third-order valence-electron chi connectivity index (χ3n) is 5.80. The smallest absolute Gasteiger partial charge is 0.225 e. The second-order valence-electron chi connectivity index (χ2n) is 7.79. The number of H-pyrrole nitrogens is 1. The highest BCUT2D eigenvalue weighted by Crippen LogP contribution is 2.28. The molecule has 0 aliphatic carbocycles. The van der Waals surface area contributed by atoms with E-state index in [9.17, 15) is 9.59 Å². The number of amides is 1. The number of ketones is 1. The van der Waals surface area contributed by atoms with Gasteiger partial charge in [-0.2, -0.15) is 5.10 Å². The van der Waals surface area contributed by atoms with Gasteiger partial charge < -0.3 is 9.88 Å². The van der Waals surface area contributed by atoms with Crippen molar-refractivity contribution in [2.75, 3.05) is 6.54 Å². The zero-order chi connectivity index (χ0) is 20.0. The van der Waals surface area contributed by atoms with Gasteiger partial charge in [0.25, 0.3) is 0 Å². The minimum atomic E-state index is -0.0941. The van der Waals surface area contributed by atoms with Crippen molar-refractivity contribution >= 4 is 22.6 Å². The van der Waals surface area contributed by atoms with Gasteiger partial charge in [-0.25, -0.2) is 0 Å². The van der Waals surface area contributed by atoms with Crippen LogP contribution in [0.15, 0.2) is 24.3 Å². The molecule has 2 aromatic heterocycles. The number of Topliss-reactive ketones (excluding diaryl/α,β-unsaturated/α-hetero) is 1. The molecule has 1 aliphatic rings. The van der Waals surface area contributed by atoms with Crippen LogP contribution in [0.3, 0.4) is 0 Å². The molecule has 0 saturated carbocycles. The number of aromatic nitrogens is 3. The van der Waals surface area contributed by atoms with Crippen LogP contribution in [-0.2, 0) is 17.8 Å². The fourth-order valence-corrected chi connectivity index (χ4v) is 4.48. The van der Waals surface area contributed by atoms with E-state index in [0.717, 1.165) is 35.6 Å². The van der Waals surface area contributed by atoms with Crippen molar-refractivity contribution in [3.05, 3.63) is 52.5 Å². The second kappa shape index (κ2) is 6.93. The van der Waals surface area contributed by atoms with E-state index >= 15 is 0 Å². The van der Waals surface area contributed by atoms with E-state index in [1.165, 1.54) is 10.9 Å². The summed E-state index contributed by atoms with van der Waals surface area (Å²) in [7, 11) is 0. The molecule has 3 heterocycles. The Morgan fingerprint density at radius 3 is 2.71 bits per heavy atom. The maximum atomic E-state index is 12.9. The molecule has 1 unspecified atom stereocenters. The molecule has 146 valence electrons. The number of hydrogen-bond acceptors (Lipinski definition) is 3. The molecule has 0 saturated heterocycles. The Hall–Kier alpha value is -2.89. The van der Waals surface area contributed by atoms with Gasteiger partial charge in [0.15, 0.2) is 5.78 Å². The number of aromatic amines is 1. The van der Waals surface area contributed by atoms with Crippen LogP contribution < -0.4 is 0 Å². The van der Waals surface area contributed by atoms with Gasteiger partial charge in [-0.05, 0) is 45.7 Å². The molecule has 6 heteroatoms. The molecule has 1 aliphatic heterocycles. The summed E-state index contributed by atoms with van der Waals surface area (Å²) in [6.45, 7) is 8.64. The third-order valence-corrected chi connectivity index (χ3v) is 5.80. The number of benzene rings is 1. The van der Waals surface area contributed by atoms with E-state index in [0.29, 0.717) is 18.5 Å². The molecule has 1 N–H and O–H groups in total. The van der Waals surface area contributed by atoms with Gasteiger partial charge in [0.2, 0.25) is 5.91 Å². The average Bonchev–Trinajstić information content (AvgIpc) is 3.17. The van der Waals surface area contributed by atoms with Gasteiger partial charge in [0.05, 0.1) is 23.8 Å². The van der Waals surface area contributed by atoms with Gasteiger partial charge >= 0.3 is 0 Å². The maximum absolute atomic E-state index is 12.9. The fourth-order valence-electron chi connectivity index (χ4n) is 4.48. The van der Waals surface area contributed by atoms with Gasteiger partial charge in [0, 0.05) is 35.3 Å². The first-order chi connectivity index (χ1) is 13.4. The summed E-state index contributed by atoms with van der Waals surface area (Å²) in [6, 6.07) is 8.21. The SMILES string of the molecule is CC(=O)c1c(C)nn(C(C)CC(=O)N2CCc3c([nH]c4ccccc34)C2)c1C. The summed E-state index contributed by atoms with van der Waals surface area (Å²) in [5.41, 5.74) is 5.83. The number of nitrogens with zero attached hydrogens (tertiary/aromatic N) is 3. The monoisotopic (exact) mass is 378 g/mol. The van der Waals surface area contributed by atoms with Crippen LogP contribution in [-0.4, -0.2) is 37.9 Å². The number of hydrogen-bond donors (Lipinski definition) is 1. The number of fused-ring (bicyclic) bond motifs is 3. The second-order valence-corrected chi connectivity index (χ2v) is 7.79. The van der Waals surface area contributed by atoms with Gasteiger partial charge in [-0.15, -0.1) is 0 Å². The molecule has 3 aromatic rings. The van der Waals surface area contributed by atoms with Crippen molar-refractivity contribution in [1.82, 2.24) is 19.7 Å². The van der Waals surface area contributed by atoms with E-state index in [-0.39, 0.29) is 17.7 Å². The Morgan fingerprint density at radius 1 is 1.25 bits per heavy atom. The van der Waals surface area contributed by atoms with Crippen LogP contribution in [0.1, 0.15) is 59.3 Å². The first-order valence-corrected chi connectivity index (χ1v) is 9.79. The minimum absolute atomic E-state index is 0.0159. The Balaban J connectivity index is 1.50. The molecule has 0 radical (unpaired) electrons.